The summed E-state index contributed by atoms with van der Waals surface area (Å²) in [6.07, 6.45) is 6.56. The summed E-state index contributed by atoms with van der Waals surface area (Å²) in [6, 6.07) is 58.8. The molecule has 1 heteroatoms. The van der Waals surface area contributed by atoms with Gasteiger partial charge in [-0.3, -0.25) is 0 Å². The highest BCUT2D eigenvalue weighted by atomic mass is 15.1. The third-order valence-electron chi connectivity index (χ3n) is 11.5. The Morgan fingerprint density at radius 3 is 1.74 bits per heavy atom. The SMILES string of the molecule is CC1(C)c2ccccc2-c2c(-c3ccccc3N(c3ccccc3)c3ccccc3-c3cccc4cccc(C5CCCCC5)c34)cccc21. The Labute approximate surface area is 296 Å². The van der Waals surface area contributed by atoms with E-state index in [1.807, 2.05) is 0 Å². The van der Waals surface area contributed by atoms with Crippen LogP contribution in [0.1, 0.15) is 68.6 Å². The van der Waals surface area contributed by atoms with E-state index in [1.54, 1.807) is 0 Å². The van der Waals surface area contributed by atoms with Crippen LogP contribution >= 0.6 is 0 Å². The molecule has 0 amide bonds. The molecular weight excluding hydrogens is 603 g/mol. The molecule has 0 saturated heterocycles. The zero-order chi connectivity index (χ0) is 33.7. The lowest BCUT2D eigenvalue weighted by atomic mass is 9.80. The maximum atomic E-state index is 2.50. The minimum Gasteiger partial charge on any atom is -0.309 e. The van der Waals surface area contributed by atoms with Gasteiger partial charge in [-0.05, 0) is 92.7 Å². The van der Waals surface area contributed by atoms with Crippen LogP contribution in [0.25, 0.3) is 44.2 Å². The van der Waals surface area contributed by atoms with Crippen molar-refractivity contribution in [1.29, 1.82) is 0 Å². The van der Waals surface area contributed by atoms with Crippen molar-refractivity contribution in [3.8, 4) is 33.4 Å². The van der Waals surface area contributed by atoms with E-state index >= 15 is 0 Å². The van der Waals surface area contributed by atoms with Crippen LogP contribution < -0.4 is 4.90 Å². The average Bonchev–Trinajstić information content (AvgIpc) is 3.42. The van der Waals surface area contributed by atoms with Crippen molar-refractivity contribution < 1.29 is 0 Å². The molecule has 0 heterocycles. The molecule has 1 nitrogen and oxygen atoms in total. The molecule has 0 radical (unpaired) electrons. The number of para-hydroxylation sites is 3. The quantitative estimate of drug-likeness (QED) is 0.174. The Bertz CT molecular complexity index is 2340. The van der Waals surface area contributed by atoms with E-state index in [4.69, 9.17) is 0 Å². The smallest absolute Gasteiger partial charge is 0.0540 e. The van der Waals surface area contributed by atoms with Gasteiger partial charge in [0, 0.05) is 22.2 Å². The van der Waals surface area contributed by atoms with Gasteiger partial charge in [0.1, 0.15) is 0 Å². The molecule has 2 aliphatic rings. The van der Waals surface area contributed by atoms with E-state index in [0.717, 1.165) is 5.69 Å². The largest absolute Gasteiger partial charge is 0.309 e. The van der Waals surface area contributed by atoms with Gasteiger partial charge in [-0.15, -0.1) is 0 Å². The maximum Gasteiger partial charge on any atom is 0.0540 e. The molecule has 9 rings (SSSR count). The van der Waals surface area contributed by atoms with Crippen molar-refractivity contribution >= 4 is 27.8 Å². The number of anilines is 3. The summed E-state index contributed by atoms with van der Waals surface area (Å²) in [5.74, 6) is 0.610. The van der Waals surface area contributed by atoms with Crippen LogP contribution in [-0.4, -0.2) is 0 Å². The highest BCUT2D eigenvalue weighted by Crippen LogP contribution is 2.54. The van der Waals surface area contributed by atoms with Gasteiger partial charge in [0.05, 0.1) is 11.4 Å². The summed E-state index contributed by atoms with van der Waals surface area (Å²) in [7, 11) is 0. The van der Waals surface area contributed by atoms with Gasteiger partial charge in [-0.2, -0.15) is 0 Å². The lowest BCUT2D eigenvalue weighted by molar-refractivity contribution is 0.445. The number of hydrogen-bond acceptors (Lipinski definition) is 1. The van der Waals surface area contributed by atoms with Crippen molar-refractivity contribution in [3.05, 3.63) is 174 Å². The van der Waals surface area contributed by atoms with E-state index in [2.05, 4.69) is 176 Å². The van der Waals surface area contributed by atoms with Gasteiger partial charge in [-0.1, -0.05) is 167 Å². The second-order valence-corrected chi connectivity index (χ2v) is 14.7. The van der Waals surface area contributed by atoms with Crippen LogP contribution in [0.4, 0.5) is 17.1 Å². The first kappa shape index (κ1) is 30.6. The van der Waals surface area contributed by atoms with E-state index in [1.165, 1.54) is 104 Å². The average molecular weight is 646 g/mol. The molecule has 244 valence electrons. The molecule has 7 aromatic rings. The molecule has 0 spiro atoms. The van der Waals surface area contributed by atoms with Crippen LogP contribution in [-0.2, 0) is 5.41 Å². The molecule has 1 fully saturated rings. The summed E-state index contributed by atoms with van der Waals surface area (Å²) in [5, 5.41) is 2.74. The van der Waals surface area contributed by atoms with Crippen molar-refractivity contribution in [2.45, 2.75) is 57.3 Å². The van der Waals surface area contributed by atoms with Crippen LogP contribution in [0.5, 0.6) is 0 Å². The second-order valence-electron chi connectivity index (χ2n) is 14.7. The Morgan fingerprint density at radius 1 is 0.460 bits per heavy atom. The van der Waals surface area contributed by atoms with Crippen LogP contribution in [0.15, 0.2) is 158 Å². The number of rotatable bonds is 6. The van der Waals surface area contributed by atoms with Crippen LogP contribution in [0.3, 0.4) is 0 Å². The lowest BCUT2D eigenvalue weighted by Crippen LogP contribution is -2.15. The summed E-state index contributed by atoms with van der Waals surface area (Å²) in [6.45, 7) is 4.73. The Kier molecular flexibility index (Phi) is 7.65. The fraction of sp³-hybridized carbons (Fsp3) is 0.184. The van der Waals surface area contributed by atoms with Crippen molar-refractivity contribution in [1.82, 2.24) is 0 Å². The molecule has 0 aliphatic heterocycles. The summed E-state index contributed by atoms with van der Waals surface area (Å²) >= 11 is 0. The zero-order valence-corrected chi connectivity index (χ0v) is 29.1. The number of hydrogen-bond donors (Lipinski definition) is 0. The zero-order valence-electron chi connectivity index (χ0n) is 29.1. The van der Waals surface area contributed by atoms with Gasteiger partial charge >= 0.3 is 0 Å². The highest BCUT2D eigenvalue weighted by molar-refractivity contribution is 6.05. The third-order valence-corrected chi connectivity index (χ3v) is 11.5. The first-order valence-corrected chi connectivity index (χ1v) is 18.4. The van der Waals surface area contributed by atoms with E-state index < -0.39 is 0 Å². The van der Waals surface area contributed by atoms with Gasteiger partial charge in [-0.25, -0.2) is 0 Å². The highest BCUT2D eigenvalue weighted by Gasteiger charge is 2.37. The normalized spacial score (nSPS) is 15.1. The predicted octanol–water partition coefficient (Wildman–Crippen LogP) is 14.0. The number of fused-ring (bicyclic) bond motifs is 4. The van der Waals surface area contributed by atoms with Crippen molar-refractivity contribution in [2.75, 3.05) is 4.90 Å². The molecule has 0 unspecified atom stereocenters. The van der Waals surface area contributed by atoms with E-state index in [-0.39, 0.29) is 5.41 Å². The maximum absolute atomic E-state index is 2.50. The van der Waals surface area contributed by atoms with E-state index in [0.29, 0.717) is 5.92 Å². The number of nitrogens with zero attached hydrogens (tertiary/aromatic N) is 1. The Hall–Kier alpha value is -5.40. The van der Waals surface area contributed by atoms with Gasteiger partial charge < -0.3 is 4.90 Å². The lowest BCUT2D eigenvalue weighted by Gasteiger charge is -2.31. The first-order chi connectivity index (χ1) is 24.6. The molecule has 0 atom stereocenters. The summed E-state index contributed by atoms with van der Waals surface area (Å²) < 4.78 is 0. The van der Waals surface area contributed by atoms with Crippen molar-refractivity contribution in [3.63, 3.8) is 0 Å². The molecule has 0 aromatic heterocycles. The Morgan fingerprint density at radius 2 is 1.00 bits per heavy atom. The van der Waals surface area contributed by atoms with Crippen LogP contribution in [0, 0.1) is 0 Å². The minimum atomic E-state index is -0.0625. The monoisotopic (exact) mass is 645 g/mol. The molecule has 50 heavy (non-hydrogen) atoms. The fourth-order valence-electron chi connectivity index (χ4n) is 9.11. The van der Waals surface area contributed by atoms with Gasteiger partial charge in [0.2, 0.25) is 0 Å². The molecule has 0 bridgehead atoms. The second kappa shape index (κ2) is 12.5. The molecule has 1 saturated carbocycles. The van der Waals surface area contributed by atoms with Gasteiger partial charge in [0.15, 0.2) is 0 Å². The molecular formula is C49H43N. The van der Waals surface area contributed by atoms with E-state index in [9.17, 15) is 0 Å². The number of benzene rings is 7. The summed E-state index contributed by atoms with van der Waals surface area (Å²) in [5.41, 5.74) is 15.5. The van der Waals surface area contributed by atoms with Crippen molar-refractivity contribution in [2.24, 2.45) is 0 Å². The van der Waals surface area contributed by atoms with Crippen LogP contribution in [0.2, 0.25) is 0 Å². The third kappa shape index (κ3) is 4.99. The molecule has 7 aromatic carbocycles. The first-order valence-electron chi connectivity index (χ1n) is 18.4. The molecule has 2 aliphatic carbocycles. The Balaban J connectivity index is 1.29. The fourth-order valence-corrected chi connectivity index (χ4v) is 9.11. The molecule has 0 N–H and O–H groups in total. The van der Waals surface area contributed by atoms with Gasteiger partial charge in [0.25, 0.3) is 0 Å². The topological polar surface area (TPSA) is 3.24 Å². The standard InChI is InChI=1S/C49H43N/c1-49(2)43-30-12-9-26-42(43)48-41(29-17-31-44(48)49)39-25-11-14-33-46(39)50(36-22-7-4-8-23-36)45-32-13-10-24-38(45)40-28-16-21-35-20-15-27-37(47(35)40)34-18-5-3-6-19-34/h4,7-17,20-34H,3,5-6,18-19H2,1-2H3. The predicted molar refractivity (Wildman–Crippen MR) is 213 cm³/mol. The summed E-state index contributed by atoms with van der Waals surface area (Å²) in [4.78, 5) is 2.50. The minimum absolute atomic E-state index is 0.0625.